The minimum absolute atomic E-state index is 0.277. The Hall–Kier alpha value is -5.03. The lowest BCUT2D eigenvalue weighted by Gasteiger charge is -2.36. The van der Waals surface area contributed by atoms with Crippen molar-refractivity contribution in [3.8, 4) is 16.9 Å². The van der Waals surface area contributed by atoms with Gasteiger partial charge in [0.05, 0.1) is 24.4 Å². The van der Waals surface area contributed by atoms with Gasteiger partial charge in [-0.15, -0.1) is 0 Å². The van der Waals surface area contributed by atoms with Gasteiger partial charge in [0.25, 0.3) is 0 Å². The molecule has 0 bridgehead atoms. The fourth-order valence-corrected chi connectivity index (χ4v) is 5.70. The topological polar surface area (TPSA) is 138 Å². The summed E-state index contributed by atoms with van der Waals surface area (Å²) in [6.07, 6.45) is 2.64. The van der Waals surface area contributed by atoms with Crippen molar-refractivity contribution in [3.63, 3.8) is 0 Å². The van der Waals surface area contributed by atoms with Crippen LogP contribution in [0.2, 0.25) is 0 Å². The molecule has 4 aromatic rings. The van der Waals surface area contributed by atoms with Gasteiger partial charge >= 0.3 is 0 Å². The molecule has 2 heterocycles. The molecule has 1 fully saturated rings. The van der Waals surface area contributed by atoms with Gasteiger partial charge < -0.3 is 30.9 Å². The first kappa shape index (κ1) is 33.3. The molecule has 0 aliphatic carbocycles. The summed E-state index contributed by atoms with van der Waals surface area (Å²) < 4.78 is 5.63. The van der Waals surface area contributed by atoms with Crippen molar-refractivity contribution in [2.75, 3.05) is 31.3 Å². The maximum absolute atomic E-state index is 13.9. The zero-order chi connectivity index (χ0) is 33.7. The van der Waals surface area contributed by atoms with Gasteiger partial charge in [-0.25, -0.2) is 9.97 Å². The van der Waals surface area contributed by atoms with E-state index in [9.17, 15) is 14.4 Å². The van der Waals surface area contributed by atoms with Gasteiger partial charge in [-0.2, -0.15) is 0 Å². The Balaban J connectivity index is 1.37. The molecule has 0 unspecified atom stereocenters. The predicted octanol–water partition coefficient (Wildman–Crippen LogP) is 5.12. The van der Waals surface area contributed by atoms with Crippen molar-refractivity contribution in [2.45, 2.75) is 58.7 Å². The smallest absolute Gasteiger partial charge is 0.247 e. The Bertz CT molecular complexity index is 1740. The van der Waals surface area contributed by atoms with E-state index in [1.54, 1.807) is 31.0 Å². The molecule has 1 aliphatic rings. The van der Waals surface area contributed by atoms with Crippen molar-refractivity contribution < 1.29 is 19.1 Å². The molecule has 0 saturated carbocycles. The van der Waals surface area contributed by atoms with E-state index >= 15 is 0 Å². The highest BCUT2D eigenvalue weighted by atomic mass is 16.5. The molecule has 3 atom stereocenters. The van der Waals surface area contributed by atoms with Crippen LogP contribution >= 0.6 is 0 Å². The summed E-state index contributed by atoms with van der Waals surface area (Å²) in [6, 6.07) is 19.8. The second kappa shape index (κ2) is 14.2. The average molecular weight is 638 g/mol. The maximum atomic E-state index is 13.9. The first-order chi connectivity index (χ1) is 22.5. The van der Waals surface area contributed by atoms with Crippen molar-refractivity contribution in [2.24, 2.45) is 5.41 Å². The molecule has 3 aromatic carbocycles. The minimum Gasteiger partial charge on any atom is -0.494 e. The van der Waals surface area contributed by atoms with Crippen LogP contribution in [0.4, 0.5) is 17.2 Å². The minimum atomic E-state index is -0.804. The molecule has 1 aromatic heterocycles. The molecule has 47 heavy (non-hydrogen) atoms. The van der Waals surface area contributed by atoms with Crippen LogP contribution in [0, 0.1) is 5.41 Å². The fourth-order valence-electron chi connectivity index (χ4n) is 5.70. The molecule has 11 heteroatoms. The van der Waals surface area contributed by atoms with Crippen LogP contribution < -0.4 is 26.0 Å². The first-order valence-corrected chi connectivity index (χ1v) is 15.8. The largest absolute Gasteiger partial charge is 0.494 e. The number of hydrogen-bond donors (Lipinski definition) is 4. The number of nitrogens with zero attached hydrogens (tertiary/aromatic N) is 3. The quantitative estimate of drug-likeness (QED) is 0.188. The summed E-state index contributed by atoms with van der Waals surface area (Å²) >= 11 is 0. The summed E-state index contributed by atoms with van der Waals surface area (Å²) in [5.41, 5.74) is 3.57. The molecule has 3 amide bonds. The second-order valence-electron chi connectivity index (χ2n) is 12.9. The SMILES string of the molecule is CN[C@@H](C)C(=O)N[C@H](C(=O)N1CCC[C@H]1C(=O)Nc1cc2c(Nc3ccc(-c4ccccc4)cc3)ncnc2cc1OC)C(C)(C)C. The second-order valence-corrected chi connectivity index (χ2v) is 12.9. The van der Waals surface area contributed by atoms with Crippen LogP contribution in [-0.2, 0) is 14.4 Å². The molecule has 5 rings (SSSR count). The lowest BCUT2D eigenvalue weighted by atomic mass is 9.85. The van der Waals surface area contributed by atoms with Crippen molar-refractivity contribution in [3.05, 3.63) is 73.1 Å². The van der Waals surface area contributed by atoms with Crippen LogP contribution in [0.15, 0.2) is 73.1 Å². The van der Waals surface area contributed by atoms with E-state index in [2.05, 4.69) is 43.4 Å². The van der Waals surface area contributed by atoms with E-state index < -0.39 is 23.5 Å². The van der Waals surface area contributed by atoms with E-state index in [0.717, 1.165) is 16.8 Å². The van der Waals surface area contributed by atoms with Gasteiger partial charge in [0, 0.05) is 23.7 Å². The lowest BCUT2D eigenvalue weighted by molar-refractivity contribution is -0.143. The highest BCUT2D eigenvalue weighted by molar-refractivity contribution is 6.03. The van der Waals surface area contributed by atoms with Crippen molar-refractivity contribution in [1.82, 2.24) is 25.5 Å². The monoisotopic (exact) mass is 637 g/mol. The number of carbonyl (C=O) groups excluding carboxylic acids is 3. The first-order valence-electron chi connectivity index (χ1n) is 15.8. The Kier molecular flexibility index (Phi) is 10.0. The van der Waals surface area contributed by atoms with E-state index in [-0.39, 0.29) is 17.7 Å². The number of fused-ring (bicyclic) bond motifs is 1. The molecular formula is C36H43N7O4. The number of methoxy groups -OCH3 is 1. The molecule has 1 saturated heterocycles. The van der Waals surface area contributed by atoms with Gasteiger partial charge in [-0.05, 0) is 61.6 Å². The van der Waals surface area contributed by atoms with Crippen molar-refractivity contribution >= 4 is 45.8 Å². The van der Waals surface area contributed by atoms with Crippen LogP contribution in [0.1, 0.15) is 40.5 Å². The highest BCUT2D eigenvalue weighted by Crippen LogP contribution is 2.34. The maximum Gasteiger partial charge on any atom is 0.247 e. The number of hydrogen-bond acceptors (Lipinski definition) is 8. The summed E-state index contributed by atoms with van der Waals surface area (Å²) in [6.45, 7) is 7.85. The highest BCUT2D eigenvalue weighted by Gasteiger charge is 2.42. The Morgan fingerprint density at radius 2 is 1.68 bits per heavy atom. The summed E-state index contributed by atoms with van der Waals surface area (Å²) in [5.74, 6) is 0.104. The standard InChI is InChI=1S/C36H43N7O4/c1-22(37-5)33(44)42-31(36(2,3)4)35(46)43-18-10-13-29(43)34(45)41-28-19-26-27(20-30(28)47-6)38-21-39-32(26)40-25-16-14-24(15-17-25)23-11-8-7-9-12-23/h7-9,11-12,14-17,19-22,29,31,37H,10,13,18H2,1-6H3,(H,41,45)(H,42,44)(H,38,39,40)/t22-,29-,31+/m0/s1. The summed E-state index contributed by atoms with van der Waals surface area (Å²) in [4.78, 5) is 50.9. The number of aromatic nitrogens is 2. The fraction of sp³-hybridized carbons (Fsp3) is 0.361. The summed E-state index contributed by atoms with van der Waals surface area (Å²) in [5, 5.41) is 12.9. The van der Waals surface area contributed by atoms with Crippen LogP contribution in [0.5, 0.6) is 5.75 Å². The number of nitrogens with one attached hydrogen (secondary N) is 4. The molecule has 246 valence electrons. The zero-order valence-corrected chi connectivity index (χ0v) is 27.8. The third-order valence-corrected chi connectivity index (χ3v) is 8.53. The number of rotatable bonds is 10. The van der Waals surface area contributed by atoms with Gasteiger partial charge in [0.1, 0.15) is 30.0 Å². The number of amides is 3. The van der Waals surface area contributed by atoms with Gasteiger partial charge in [-0.1, -0.05) is 63.2 Å². The third kappa shape index (κ3) is 7.52. The van der Waals surface area contributed by atoms with E-state index in [1.165, 1.54) is 13.4 Å². The molecule has 0 spiro atoms. The molecule has 11 nitrogen and oxygen atoms in total. The summed E-state index contributed by atoms with van der Waals surface area (Å²) in [7, 11) is 3.22. The number of likely N-dealkylation sites (N-methyl/N-ethyl adjacent to an activating group) is 1. The van der Waals surface area contributed by atoms with Crippen LogP contribution in [0.3, 0.4) is 0 Å². The lowest BCUT2D eigenvalue weighted by Crippen LogP contribution is -2.59. The zero-order valence-electron chi connectivity index (χ0n) is 27.8. The number of likely N-dealkylation sites (tertiary alicyclic amines) is 1. The Morgan fingerprint density at radius 1 is 0.979 bits per heavy atom. The normalized spacial score (nSPS) is 16.0. The molecular weight excluding hydrogens is 594 g/mol. The van der Waals surface area contributed by atoms with Gasteiger partial charge in [0.15, 0.2) is 0 Å². The number of carbonyl (C=O) groups is 3. The average Bonchev–Trinajstić information content (AvgIpc) is 3.57. The third-order valence-electron chi connectivity index (χ3n) is 8.53. The predicted molar refractivity (Wildman–Crippen MR) is 185 cm³/mol. The molecule has 1 aliphatic heterocycles. The van der Waals surface area contributed by atoms with E-state index in [0.29, 0.717) is 47.5 Å². The Labute approximate surface area is 275 Å². The number of benzene rings is 3. The number of ether oxygens (including phenoxy) is 1. The van der Waals surface area contributed by atoms with Crippen LogP contribution in [0.25, 0.3) is 22.0 Å². The van der Waals surface area contributed by atoms with E-state index in [1.807, 2.05) is 63.2 Å². The van der Waals surface area contributed by atoms with Crippen molar-refractivity contribution in [1.29, 1.82) is 0 Å². The van der Waals surface area contributed by atoms with E-state index in [4.69, 9.17) is 4.74 Å². The van der Waals surface area contributed by atoms with Crippen LogP contribution in [-0.4, -0.2) is 71.4 Å². The molecule has 4 N–H and O–H groups in total. The Morgan fingerprint density at radius 3 is 2.34 bits per heavy atom. The van der Waals surface area contributed by atoms with Gasteiger partial charge in [0.2, 0.25) is 17.7 Å². The number of anilines is 3. The molecule has 0 radical (unpaired) electrons. The van der Waals surface area contributed by atoms with Gasteiger partial charge in [-0.3, -0.25) is 14.4 Å².